The highest BCUT2D eigenvalue weighted by atomic mass is 32.2. The lowest BCUT2D eigenvalue weighted by molar-refractivity contribution is 0.565. The first kappa shape index (κ1) is 15.3. The summed E-state index contributed by atoms with van der Waals surface area (Å²) in [5, 5.41) is 2.70. The van der Waals surface area contributed by atoms with Gasteiger partial charge in [0.25, 0.3) is 0 Å². The molecule has 2 N–H and O–H groups in total. The zero-order chi connectivity index (χ0) is 15.5. The van der Waals surface area contributed by atoms with Crippen molar-refractivity contribution in [1.29, 1.82) is 0 Å². The number of rotatable bonds is 5. The van der Waals surface area contributed by atoms with Crippen molar-refractivity contribution < 1.29 is 12.8 Å². The number of aromatic nitrogens is 2. The van der Waals surface area contributed by atoms with Crippen LogP contribution in [-0.2, 0) is 10.0 Å². The molecule has 1 atom stereocenters. The van der Waals surface area contributed by atoms with E-state index >= 15 is 0 Å². The molecule has 0 amide bonds. The summed E-state index contributed by atoms with van der Waals surface area (Å²) in [7, 11) is -2.10. The van der Waals surface area contributed by atoms with E-state index in [1.807, 2.05) is 0 Å². The molecule has 1 aromatic carbocycles. The fourth-order valence-electron chi connectivity index (χ4n) is 1.70. The Morgan fingerprint density at radius 2 is 1.71 bits per heavy atom. The Kier molecular flexibility index (Phi) is 4.49. The number of hydrogen-bond donors (Lipinski definition) is 2. The van der Waals surface area contributed by atoms with Crippen LogP contribution >= 0.6 is 0 Å². The minimum Gasteiger partial charge on any atom is -0.357 e. The maximum atomic E-state index is 12.9. The van der Waals surface area contributed by atoms with Gasteiger partial charge in [0.05, 0.1) is 12.4 Å². The first-order chi connectivity index (χ1) is 9.92. The maximum Gasteiger partial charge on any atom is 0.244 e. The first-order valence-electron chi connectivity index (χ1n) is 6.20. The lowest BCUT2D eigenvalue weighted by Crippen LogP contribution is -2.27. The molecule has 1 unspecified atom stereocenters. The van der Waals surface area contributed by atoms with Gasteiger partial charge in [-0.1, -0.05) is 12.1 Å². The molecule has 112 valence electrons. The van der Waals surface area contributed by atoms with Gasteiger partial charge in [-0.25, -0.2) is 27.5 Å². The SMILES string of the molecule is CNc1ncc(S(=O)(=O)NC(C)c2ccc(F)cc2)cn1. The molecule has 0 aliphatic rings. The van der Waals surface area contributed by atoms with Crippen molar-refractivity contribution in [2.75, 3.05) is 12.4 Å². The zero-order valence-electron chi connectivity index (χ0n) is 11.5. The van der Waals surface area contributed by atoms with Crippen LogP contribution in [0, 0.1) is 5.82 Å². The number of hydrogen-bond acceptors (Lipinski definition) is 5. The third-order valence-corrected chi connectivity index (χ3v) is 4.36. The van der Waals surface area contributed by atoms with Crippen LogP contribution in [0.4, 0.5) is 10.3 Å². The molecule has 0 aliphatic heterocycles. The second-order valence-corrected chi connectivity index (χ2v) is 6.10. The van der Waals surface area contributed by atoms with E-state index < -0.39 is 16.1 Å². The summed E-state index contributed by atoms with van der Waals surface area (Å²) in [6.07, 6.45) is 2.44. The number of anilines is 1. The van der Waals surface area contributed by atoms with Crippen LogP contribution in [0.5, 0.6) is 0 Å². The molecule has 0 saturated heterocycles. The summed E-state index contributed by atoms with van der Waals surface area (Å²) in [6, 6.07) is 5.13. The number of nitrogens with zero attached hydrogens (tertiary/aromatic N) is 2. The quantitative estimate of drug-likeness (QED) is 0.878. The first-order valence-corrected chi connectivity index (χ1v) is 7.68. The van der Waals surface area contributed by atoms with Crippen LogP contribution in [0.3, 0.4) is 0 Å². The molecular formula is C13H15FN4O2S. The Balaban J connectivity index is 2.17. The van der Waals surface area contributed by atoms with Gasteiger partial charge in [-0.15, -0.1) is 0 Å². The van der Waals surface area contributed by atoms with Crippen molar-refractivity contribution in [2.24, 2.45) is 0 Å². The Morgan fingerprint density at radius 1 is 1.14 bits per heavy atom. The maximum absolute atomic E-state index is 12.9. The third kappa shape index (κ3) is 3.73. The van der Waals surface area contributed by atoms with E-state index in [2.05, 4.69) is 20.0 Å². The van der Waals surface area contributed by atoms with E-state index in [1.54, 1.807) is 14.0 Å². The van der Waals surface area contributed by atoms with E-state index in [4.69, 9.17) is 0 Å². The molecule has 0 bridgehead atoms. The Bertz CT molecular complexity index is 702. The van der Waals surface area contributed by atoms with Crippen LogP contribution in [-0.4, -0.2) is 25.4 Å². The Morgan fingerprint density at radius 3 is 2.24 bits per heavy atom. The summed E-state index contributed by atoms with van der Waals surface area (Å²) >= 11 is 0. The summed E-state index contributed by atoms with van der Waals surface area (Å²) in [4.78, 5) is 7.70. The molecule has 2 aromatic rings. The van der Waals surface area contributed by atoms with E-state index in [0.29, 0.717) is 11.5 Å². The number of benzene rings is 1. The van der Waals surface area contributed by atoms with Crippen molar-refractivity contribution in [2.45, 2.75) is 17.9 Å². The van der Waals surface area contributed by atoms with Crippen LogP contribution in [0.15, 0.2) is 41.6 Å². The molecule has 1 aromatic heterocycles. The number of halogens is 1. The topological polar surface area (TPSA) is 84.0 Å². The largest absolute Gasteiger partial charge is 0.357 e. The van der Waals surface area contributed by atoms with Crippen LogP contribution in [0.1, 0.15) is 18.5 Å². The van der Waals surface area contributed by atoms with E-state index in [1.165, 1.54) is 36.7 Å². The highest BCUT2D eigenvalue weighted by Gasteiger charge is 2.19. The molecule has 0 spiro atoms. The molecule has 6 nitrogen and oxygen atoms in total. The van der Waals surface area contributed by atoms with Gasteiger partial charge in [-0.05, 0) is 24.6 Å². The fourth-order valence-corrected chi connectivity index (χ4v) is 2.82. The molecule has 2 rings (SSSR count). The molecule has 21 heavy (non-hydrogen) atoms. The monoisotopic (exact) mass is 310 g/mol. The Hall–Kier alpha value is -2.06. The van der Waals surface area contributed by atoms with Gasteiger partial charge in [0.2, 0.25) is 16.0 Å². The standard InChI is InChI=1S/C13H15FN4O2S/c1-9(10-3-5-11(14)6-4-10)18-21(19,20)12-7-16-13(15-2)17-8-12/h3-9,18H,1-2H3,(H,15,16,17). The van der Waals surface area contributed by atoms with Crippen LogP contribution in [0.25, 0.3) is 0 Å². The predicted molar refractivity (Wildman–Crippen MR) is 76.7 cm³/mol. The van der Waals surface area contributed by atoms with Crippen LogP contribution in [0.2, 0.25) is 0 Å². The van der Waals surface area contributed by atoms with E-state index in [0.717, 1.165) is 0 Å². The van der Waals surface area contributed by atoms with Gasteiger partial charge >= 0.3 is 0 Å². The highest BCUT2D eigenvalue weighted by molar-refractivity contribution is 7.89. The molecule has 1 heterocycles. The lowest BCUT2D eigenvalue weighted by atomic mass is 10.1. The van der Waals surface area contributed by atoms with Crippen molar-refractivity contribution in [3.63, 3.8) is 0 Å². The predicted octanol–water partition coefficient (Wildman–Crippen LogP) is 1.70. The average molecular weight is 310 g/mol. The molecule has 0 fully saturated rings. The molecule has 0 radical (unpaired) electrons. The fraction of sp³-hybridized carbons (Fsp3) is 0.231. The number of sulfonamides is 1. The smallest absolute Gasteiger partial charge is 0.244 e. The summed E-state index contributed by atoms with van der Waals surface area (Å²) in [5.74, 6) is -0.0367. The Labute approximate surface area is 122 Å². The normalized spacial score (nSPS) is 12.9. The molecular weight excluding hydrogens is 295 g/mol. The van der Waals surface area contributed by atoms with Crippen molar-refractivity contribution in [3.05, 3.63) is 48.0 Å². The average Bonchev–Trinajstić information content (AvgIpc) is 2.47. The summed E-state index contributed by atoms with van der Waals surface area (Å²) < 4.78 is 39.8. The van der Waals surface area contributed by atoms with Crippen molar-refractivity contribution >= 4 is 16.0 Å². The molecule has 8 heteroatoms. The summed E-state index contributed by atoms with van der Waals surface area (Å²) in [5.41, 5.74) is 0.660. The summed E-state index contributed by atoms with van der Waals surface area (Å²) in [6.45, 7) is 1.67. The second-order valence-electron chi connectivity index (χ2n) is 4.39. The lowest BCUT2D eigenvalue weighted by Gasteiger charge is -2.14. The van der Waals surface area contributed by atoms with E-state index in [9.17, 15) is 12.8 Å². The van der Waals surface area contributed by atoms with Crippen LogP contribution < -0.4 is 10.0 Å². The van der Waals surface area contributed by atoms with Gasteiger partial charge < -0.3 is 5.32 Å². The minimum atomic E-state index is -3.74. The van der Waals surface area contributed by atoms with Gasteiger partial charge in [0, 0.05) is 13.1 Å². The zero-order valence-corrected chi connectivity index (χ0v) is 12.4. The van der Waals surface area contributed by atoms with Gasteiger partial charge in [0.1, 0.15) is 10.7 Å². The molecule has 0 saturated carbocycles. The van der Waals surface area contributed by atoms with E-state index in [-0.39, 0.29) is 10.7 Å². The second kappa shape index (κ2) is 6.15. The van der Waals surface area contributed by atoms with Crippen molar-refractivity contribution in [3.8, 4) is 0 Å². The van der Waals surface area contributed by atoms with Gasteiger partial charge in [0.15, 0.2) is 0 Å². The minimum absolute atomic E-state index is 0.0320. The molecule has 0 aliphatic carbocycles. The number of nitrogens with one attached hydrogen (secondary N) is 2. The highest BCUT2D eigenvalue weighted by Crippen LogP contribution is 2.16. The van der Waals surface area contributed by atoms with Gasteiger partial charge in [-0.2, -0.15) is 0 Å². The van der Waals surface area contributed by atoms with Crippen molar-refractivity contribution in [1.82, 2.24) is 14.7 Å². The van der Waals surface area contributed by atoms with Gasteiger partial charge in [-0.3, -0.25) is 0 Å². The third-order valence-electron chi connectivity index (χ3n) is 2.86.